The van der Waals surface area contributed by atoms with Gasteiger partial charge in [-0.15, -0.1) is 0 Å². The summed E-state index contributed by atoms with van der Waals surface area (Å²) in [6.45, 7) is 6.08. The van der Waals surface area contributed by atoms with E-state index in [2.05, 4.69) is 53.2 Å². The van der Waals surface area contributed by atoms with E-state index >= 15 is 0 Å². The van der Waals surface area contributed by atoms with Gasteiger partial charge in [-0.05, 0) is 50.8 Å². The van der Waals surface area contributed by atoms with Crippen LogP contribution in [0, 0.1) is 12.3 Å². The molecule has 0 saturated carbocycles. The lowest BCUT2D eigenvalue weighted by atomic mass is 9.88. The largest absolute Gasteiger partial charge is 0.493 e. The smallest absolute Gasteiger partial charge is 0.309 e. The van der Waals surface area contributed by atoms with Crippen LogP contribution in [0.5, 0.6) is 5.75 Å². The van der Waals surface area contributed by atoms with Gasteiger partial charge < -0.3 is 9.84 Å². The predicted octanol–water partition coefficient (Wildman–Crippen LogP) is 5.83. The van der Waals surface area contributed by atoms with Gasteiger partial charge in [0.1, 0.15) is 5.75 Å². The molecule has 134 valence electrons. The van der Waals surface area contributed by atoms with E-state index in [0.29, 0.717) is 24.8 Å². The highest BCUT2D eigenvalue weighted by Gasteiger charge is 2.26. The van der Waals surface area contributed by atoms with Crippen LogP contribution in [0.4, 0.5) is 0 Å². The van der Waals surface area contributed by atoms with Crippen molar-refractivity contribution in [2.24, 2.45) is 5.41 Å². The van der Waals surface area contributed by atoms with Crippen LogP contribution in [0.15, 0.2) is 42.5 Å². The summed E-state index contributed by atoms with van der Waals surface area (Å²) >= 11 is 3.57. The first-order valence-corrected chi connectivity index (χ1v) is 9.58. The summed E-state index contributed by atoms with van der Waals surface area (Å²) in [7, 11) is 0. The molecule has 0 unspecified atom stereocenters. The maximum atomic E-state index is 11.2. The van der Waals surface area contributed by atoms with Gasteiger partial charge in [0.15, 0.2) is 0 Å². The second-order valence-electron chi connectivity index (χ2n) is 6.92. The second-order valence-corrected chi connectivity index (χ2v) is 7.48. The topological polar surface area (TPSA) is 46.5 Å². The Morgan fingerprint density at radius 3 is 2.44 bits per heavy atom. The average Bonchev–Trinajstić information content (AvgIpc) is 2.59. The zero-order valence-corrected chi connectivity index (χ0v) is 16.6. The lowest BCUT2D eigenvalue weighted by Crippen LogP contribution is -2.24. The van der Waals surface area contributed by atoms with Crippen molar-refractivity contribution >= 4 is 21.9 Å². The minimum Gasteiger partial charge on any atom is -0.493 e. The number of halogens is 1. The van der Waals surface area contributed by atoms with Crippen molar-refractivity contribution in [1.82, 2.24) is 0 Å². The van der Waals surface area contributed by atoms with Gasteiger partial charge in [-0.1, -0.05) is 57.9 Å². The number of aryl methyl sites for hydroxylation is 1. The van der Waals surface area contributed by atoms with Crippen molar-refractivity contribution in [1.29, 1.82) is 0 Å². The van der Waals surface area contributed by atoms with Crippen LogP contribution >= 0.6 is 15.9 Å². The van der Waals surface area contributed by atoms with Crippen LogP contribution in [0.2, 0.25) is 0 Å². The van der Waals surface area contributed by atoms with Crippen LogP contribution in [0.1, 0.15) is 37.8 Å². The molecule has 4 heteroatoms. The van der Waals surface area contributed by atoms with Crippen LogP contribution in [0.3, 0.4) is 0 Å². The number of carbonyl (C=O) groups is 1. The fourth-order valence-electron chi connectivity index (χ4n) is 2.65. The normalized spacial score (nSPS) is 11.4. The van der Waals surface area contributed by atoms with Crippen molar-refractivity contribution in [3.63, 3.8) is 0 Å². The Bertz CT molecular complexity index is 720. The number of aliphatic carboxylic acids is 1. The summed E-state index contributed by atoms with van der Waals surface area (Å²) in [6.07, 6.45) is 1.29. The number of carboxylic acid groups (broad SMARTS) is 1. The molecule has 0 bridgehead atoms. The molecule has 2 rings (SSSR count). The van der Waals surface area contributed by atoms with E-state index in [-0.39, 0.29) is 0 Å². The Kier molecular flexibility index (Phi) is 6.65. The molecule has 3 nitrogen and oxygen atoms in total. The standard InChI is InChI=1S/C21H25BrO3/c1-15-8-10-16(11-9-15)17-6-4-7-19(18(17)14-22)25-13-5-12-21(2,3)20(23)24/h4,6-11H,5,12-14H2,1-3H3,(H,23,24). The summed E-state index contributed by atoms with van der Waals surface area (Å²) < 4.78 is 5.97. The van der Waals surface area contributed by atoms with E-state index in [0.717, 1.165) is 22.4 Å². The number of carboxylic acids is 1. The molecule has 0 amide bonds. The summed E-state index contributed by atoms with van der Waals surface area (Å²) in [6, 6.07) is 14.5. The highest BCUT2D eigenvalue weighted by Crippen LogP contribution is 2.33. The van der Waals surface area contributed by atoms with Crippen molar-refractivity contribution in [3.05, 3.63) is 53.6 Å². The fraction of sp³-hybridized carbons (Fsp3) is 0.381. The van der Waals surface area contributed by atoms with E-state index in [1.54, 1.807) is 13.8 Å². The van der Waals surface area contributed by atoms with Gasteiger partial charge in [0, 0.05) is 10.9 Å². The van der Waals surface area contributed by atoms with Gasteiger partial charge in [0.2, 0.25) is 0 Å². The fourth-order valence-corrected chi connectivity index (χ4v) is 3.22. The molecular weight excluding hydrogens is 380 g/mol. The highest BCUT2D eigenvalue weighted by atomic mass is 79.9. The lowest BCUT2D eigenvalue weighted by molar-refractivity contribution is -0.147. The summed E-state index contributed by atoms with van der Waals surface area (Å²) in [5.41, 5.74) is 3.95. The van der Waals surface area contributed by atoms with E-state index in [1.165, 1.54) is 5.56 Å². The van der Waals surface area contributed by atoms with E-state index in [9.17, 15) is 9.90 Å². The van der Waals surface area contributed by atoms with Crippen molar-refractivity contribution in [2.45, 2.75) is 38.9 Å². The van der Waals surface area contributed by atoms with Crippen molar-refractivity contribution in [3.8, 4) is 16.9 Å². The number of ether oxygens (including phenoxy) is 1. The van der Waals surface area contributed by atoms with E-state index in [4.69, 9.17) is 4.74 Å². The third kappa shape index (κ3) is 5.08. The molecule has 0 radical (unpaired) electrons. The summed E-state index contributed by atoms with van der Waals surface area (Å²) in [4.78, 5) is 11.2. The molecule has 0 heterocycles. The molecule has 1 N–H and O–H groups in total. The molecule has 0 aliphatic heterocycles. The number of alkyl halides is 1. The average molecular weight is 405 g/mol. The zero-order valence-electron chi connectivity index (χ0n) is 15.0. The third-order valence-corrected chi connectivity index (χ3v) is 4.97. The third-order valence-electron chi connectivity index (χ3n) is 4.41. The van der Waals surface area contributed by atoms with E-state index in [1.807, 2.05) is 12.1 Å². The van der Waals surface area contributed by atoms with Crippen molar-refractivity contribution < 1.29 is 14.6 Å². The number of hydrogen-bond donors (Lipinski definition) is 1. The number of hydrogen-bond acceptors (Lipinski definition) is 2. The zero-order chi connectivity index (χ0) is 18.4. The quantitative estimate of drug-likeness (QED) is 0.444. The predicted molar refractivity (Wildman–Crippen MR) is 105 cm³/mol. The molecule has 0 aliphatic rings. The van der Waals surface area contributed by atoms with Gasteiger partial charge in [-0.25, -0.2) is 0 Å². The molecule has 0 aliphatic carbocycles. The lowest BCUT2D eigenvalue weighted by Gasteiger charge is -2.19. The maximum Gasteiger partial charge on any atom is 0.309 e. The first-order chi connectivity index (χ1) is 11.8. The van der Waals surface area contributed by atoms with Crippen molar-refractivity contribution in [2.75, 3.05) is 6.61 Å². The minimum absolute atomic E-state index is 0.508. The monoisotopic (exact) mass is 404 g/mol. The van der Waals surface area contributed by atoms with Crippen LogP contribution in [0.25, 0.3) is 11.1 Å². The van der Waals surface area contributed by atoms with Crippen LogP contribution < -0.4 is 4.74 Å². The molecular formula is C21H25BrO3. The first-order valence-electron chi connectivity index (χ1n) is 8.46. The van der Waals surface area contributed by atoms with Crippen LogP contribution in [-0.4, -0.2) is 17.7 Å². The molecule has 2 aromatic carbocycles. The van der Waals surface area contributed by atoms with Crippen LogP contribution in [-0.2, 0) is 10.1 Å². The summed E-state index contributed by atoms with van der Waals surface area (Å²) in [5, 5.41) is 9.88. The maximum absolute atomic E-state index is 11.2. The Labute approximate surface area is 158 Å². The van der Waals surface area contributed by atoms with Gasteiger partial charge in [-0.2, -0.15) is 0 Å². The van der Waals surface area contributed by atoms with Gasteiger partial charge in [0.05, 0.1) is 12.0 Å². The summed E-state index contributed by atoms with van der Waals surface area (Å²) in [5.74, 6) is 0.0816. The Hall–Kier alpha value is -1.81. The number of benzene rings is 2. The molecule has 0 spiro atoms. The Morgan fingerprint density at radius 2 is 1.84 bits per heavy atom. The second kappa shape index (κ2) is 8.52. The highest BCUT2D eigenvalue weighted by molar-refractivity contribution is 9.08. The minimum atomic E-state index is -0.769. The Balaban J connectivity index is 2.10. The molecule has 0 saturated heterocycles. The molecule has 0 atom stereocenters. The van der Waals surface area contributed by atoms with Gasteiger partial charge in [-0.3, -0.25) is 4.79 Å². The van der Waals surface area contributed by atoms with Gasteiger partial charge >= 0.3 is 5.97 Å². The first kappa shape index (κ1) is 19.5. The van der Waals surface area contributed by atoms with E-state index < -0.39 is 11.4 Å². The number of rotatable bonds is 8. The molecule has 0 aromatic heterocycles. The SMILES string of the molecule is Cc1ccc(-c2cccc(OCCCC(C)(C)C(=O)O)c2CBr)cc1. The Morgan fingerprint density at radius 1 is 1.16 bits per heavy atom. The van der Waals surface area contributed by atoms with Gasteiger partial charge in [0.25, 0.3) is 0 Å². The molecule has 2 aromatic rings. The molecule has 0 fully saturated rings. The molecule has 25 heavy (non-hydrogen) atoms.